The molecule has 0 aromatic heterocycles. The van der Waals surface area contributed by atoms with Gasteiger partial charge in [0, 0.05) is 16.6 Å². The maximum Gasteiger partial charge on any atom is 0.134 e. The lowest BCUT2D eigenvalue weighted by molar-refractivity contribution is -0.116. The summed E-state index contributed by atoms with van der Waals surface area (Å²) in [4.78, 5) is 11.9. The van der Waals surface area contributed by atoms with Gasteiger partial charge >= 0.3 is 0 Å². The Morgan fingerprint density at radius 3 is 2.77 bits per heavy atom. The summed E-state index contributed by atoms with van der Waals surface area (Å²) in [5.41, 5.74) is 2.18. The van der Waals surface area contributed by atoms with E-state index in [1.54, 1.807) is 6.92 Å². The first kappa shape index (κ1) is 10.8. The SMILES string of the molecule is CC(=O)Cc1c(S)cccc1CBr. The molecule has 0 radical (unpaired) electrons. The molecule has 0 saturated heterocycles. The number of halogens is 1. The van der Waals surface area contributed by atoms with Crippen LogP contribution < -0.4 is 0 Å². The third-order valence-corrected chi connectivity index (χ3v) is 2.84. The zero-order chi connectivity index (χ0) is 9.84. The van der Waals surface area contributed by atoms with Crippen LogP contribution in [-0.2, 0) is 16.5 Å². The van der Waals surface area contributed by atoms with Crippen molar-refractivity contribution in [2.45, 2.75) is 23.6 Å². The molecule has 1 aromatic carbocycles. The van der Waals surface area contributed by atoms with Crippen LogP contribution in [0.1, 0.15) is 18.1 Å². The highest BCUT2D eigenvalue weighted by Gasteiger charge is 2.06. The van der Waals surface area contributed by atoms with Gasteiger partial charge in [0.15, 0.2) is 0 Å². The number of thiol groups is 1. The van der Waals surface area contributed by atoms with Crippen molar-refractivity contribution in [1.82, 2.24) is 0 Å². The van der Waals surface area contributed by atoms with E-state index in [0.29, 0.717) is 6.42 Å². The van der Waals surface area contributed by atoms with E-state index in [2.05, 4.69) is 28.6 Å². The minimum absolute atomic E-state index is 0.170. The molecule has 0 fully saturated rings. The van der Waals surface area contributed by atoms with Gasteiger partial charge in [0.05, 0.1) is 0 Å². The highest BCUT2D eigenvalue weighted by Crippen LogP contribution is 2.21. The zero-order valence-corrected chi connectivity index (χ0v) is 9.86. The smallest absolute Gasteiger partial charge is 0.134 e. The molecule has 3 heteroatoms. The molecule has 70 valence electrons. The predicted molar refractivity (Wildman–Crippen MR) is 60.7 cm³/mol. The molecule has 0 aliphatic heterocycles. The van der Waals surface area contributed by atoms with Crippen molar-refractivity contribution in [3.8, 4) is 0 Å². The fourth-order valence-corrected chi connectivity index (χ4v) is 2.03. The molecular weight excluding hydrogens is 248 g/mol. The van der Waals surface area contributed by atoms with E-state index >= 15 is 0 Å². The molecule has 13 heavy (non-hydrogen) atoms. The number of benzene rings is 1. The molecule has 0 bridgehead atoms. The van der Waals surface area contributed by atoms with Crippen LogP contribution >= 0.6 is 28.6 Å². The van der Waals surface area contributed by atoms with Crippen molar-refractivity contribution in [1.29, 1.82) is 0 Å². The molecular formula is C10H11BrOS. The molecule has 0 saturated carbocycles. The summed E-state index contributed by atoms with van der Waals surface area (Å²) < 4.78 is 0. The molecule has 1 rings (SSSR count). The lowest BCUT2D eigenvalue weighted by atomic mass is 10.0. The Hall–Kier alpha value is -0.280. The van der Waals surface area contributed by atoms with Crippen molar-refractivity contribution in [3.05, 3.63) is 29.3 Å². The van der Waals surface area contributed by atoms with Crippen LogP contribution in [0, 0.1) is 0 Å². The standard InChI is InChI=1S/C10H11BrOS/c1-7(12)5-9-8(6-11)3-2-4-10(9)13/h2-4,13H,5-6H2,1H3. The number of carbonyl (C=O) groups is 1. The van der Waals surface area contributed by atoms with Crippen LogP contribution in [0.5, 0.6) is 0 Å². The molecule has 0 spiro atoms. The van der Waals surface area contributed by atoms with Crippen molar-refractivity contribution in [2.75, 3.05) is 0 Å². The average Bonchev–Trinajstić information content (AvgIpc) is 2.08. The van der Waals surface area contributed by atoms with Crippen LogP contribution in [0.15, 0.2) is 23.1 Å². The van der Waals surface area contributed by atoms with Crippen molar-refractivity contribution < 1.29 is 4.79 Å². The molecule has 0 unspecified atom stereocenters. The Balaban J connectivity index is 3.07. The minimum Gasteiger partial charge on any atom is -0.300 e. The van der Waals surface area contributed by atoms with Gasteiger partial charge in [0.2, 0.25) is 0 Å². The second-order valence-electron chi connectivity index (χ2n) is 2.93. The topological polar surface area (TPSA) is 17.1 Å². The second kappa shape index (κ2) is 4.82. The Kier molecular flexibility index (Phi) is 4.00. The van der Waals surface area contributed by atoms with E-state index in [9.17, 15) is 4.79 Å². The Bertz CT molecular complexity index is 323. The summed E-state index contributed by atoms with van der Waals surface area (Å²) in [7, 11) is 0. The van der Waals surface area contributed by atoms with E-state index in [0.717, 1.165) is 21.4 Å². The van der Waals surface area contributed by atoms with Gasteiger partial charge in [-0.25, -0.2) is 0 Å². The van der Waals surface area contributed by atoms with E-state index < -0.39 is 0 Å². The third kappa shape index (κ3) is 2.85. The van der Waals surface area contributed by atoms with Gasteiger partial charge in [0.1, 0.15) is 5.78 Å². The fraction of sp³-hybridized carbons (Fsp3) is 0.300. The van der Waals surface area contributed by atoms with Crippen molar-refractivity contribution in [3.63, 3.8) is 0 Å². The number of ketones is 1. The lowest BCUT2D eigenvalue weighted by Gasteiger charge is -2.07. The highest BCUT2D eigenvalue weighted by molar-refractivity contribution is 9.08. The van der Waals surface area contributed by atoms with Crippen molar-refractivity contribution >= 4 is 34.3 Å². The number of rotatable bonds is 3. The van der Waals surface area contributed by atoms with Gasteiger partial charge in [-0.15, -0.1) is 12.6 Å². The van der Waals surface area contributed by atoms with Crippen LogP contribution in [0.4, 0.5) is 0 Å². The molecule has 0 aliphatic carbocycles. The van der Waals surface area contributed by atoms with Crippen molar-refractivity contribution in [2.24, 2.45) is 0 Å². The summed E-state index contributed by atoms with van der Waals surface area (Å²) in [5, 5.41) is 0.768. The number of hydrogen-bond acceptors (Lipinski definition) is 2. The second-order valence-corrected chi connectivity index (χ2v) is 3.97. The monoisotopic (exact) mass is 258 g/mol. The Morgan fingerprint density at radius 2 is 2.23 bits per heavy atom. The van der Waals surface area contributed by atoms with Crippen LogP contribution in [0.2, 0.25) is 0 Å². The van der Waals surface area contributed by atoms with Gasteiger partial charge in [-0.3, -0.25) is 4.79 Å². The lowest BCUT2D eigenvalue weighted by Crippen LogP contribution is -2.01. The number of carbonyl (C=O) groups excluding carboxylic acids is 1. The summed E-state index contributed by atoms with van der Waals surface area (Å²) in [6.45, 7) is 1.60. The van der Waals surface area contributed by atoms with Gasteiger partial charge in [0.25, 0.3) is 0 Å². The summed E-state index contributed by atoms with van der Waals surface area (Å²) in [6.07, 6.45) is 0.473. The van der Waals surface area contributed by atoms with E-state index in [1.165, 1.54) is 0 Å². The maximum atomic E-state index is 11.0. The summed E-state index contributed by atoms with van der Waals surface area (Å²) >= 11 is 7.71. The van der Waals surface area contributed by atoms with E-state index in [4.69, 9.17) is 0 Å². The normalized spacial score (nSPS) is 10.1. The first-order chi connectivity index (χ1) is 6.15. The quantitative estimate of drug-likeness (QED) is 0.652. The third-order valence-electron chi connectivity index (χ3n) is 1.82. The molecule has 0 heterocycles. The van der Waals surface area contributed by atoms with Gasteiger partial charge < -0.3 is 0 Å². The maximum absolute atomic E-state index is 11.0. The molecule has 0 aliphatic rings. The Labute approximate surface area is 92.1 Å². The average molecular weight is 259 g/mol. The fourth-order valence-electron chi connectivity index (χ4n) is 1.20. The number of hydrogen-bond donors (Lipinski definition) is 1. The van der Waals surface area contributed by atoms with Crippen LogP contribution in [0.25, 0.3) is 0 Å². The summed E-state index contributed by atoms with van der Waals surface area (Å²) in [5.74, 6) is 0.170. The Morgan fingerprint density at radius 1 is 1.54 bits per heavy atom. The molecule has 1 aromatic rings. The van der Waals surface area contributed by atoms with E-state index in [1.807, 2.05) is 18.2 Å². The van der Waals surface area contributed by atoms with Gasteiger partial charge in [-0.1, -0.05) is 28.1 Å². The zero-order valence-electron chi connectivity index (χ0n) is 7.38. The highest BCUT2D eigenvalue weighted by atomic mass is 79.9. The largest absolute Gasteiger partial charge is 0.300 e. The van der Waals surface area contributed by atoms with Crippen LogP contribution in [-0.4, -0.2) is 5.78 Å². The predicted octanol–water partition coefficient (Wildman–Crippen LogP) is 3.00. The summed E-state index contributed by atoms with van der Waals surface area (Å²) in [6, 6.07) is 5.86. The number of Topliss-reactive ketones (excluding diaryl/α,β-unsaturated/α-hetero) is 1. The van der Waals surface area contributed by atoms with Crippen LogP contribution in [0.3, 0.4) is 0 Å². The van der Waals surface area contributed by atoms with Gasteiger partial charge in [-0.05, 0) is 24.1 Å². The first-order valence-electron chi connectivity index (χ1n) is 4.00. The molecule has 0 N–H and O–H groups in total. The first-order valence-corrected chi connectivity index (χ1v) is 5.57. The number of alkyl halides is 1. The van der Waals surface area contributed by atoms with E-state index in [-0.39, 0.29) is 5.78 Å². The molecule has 1 nitrogen and oxygen atoms in total. The minimum atomic E-state index is 0.170. The van der Waals surface area contributed by atoms with Gasteiger partial charge in [-0.2, -0.15) is 0 Å². The molecule has 0 amide bonds. The molecule has 0 atom stereocenters.